The molecule has 3 heteroatoms. The van der Waals surface area contributed by atoms with Gasteiger partial charge < -0.3 is 9.07 Å². The van der Waals surface area contributed by atoms with Crippen LogP contribution in [0.2, 0.25) is 0 Å². The molecule has 0 rings (SSSR count). The molecule has 0 N–H and O–H groups in total. The summed E-state index contributed by atoms with van der Waals surface area (Å²) in [7, 11) is 0. The van der Waals surface area contributed by atoms with Crippen LogP contribution in [0.3, 0.4) is 0 Å². The molecule has 0 unspecified atom stereocenters. The highest BCUT2D eigenvalue weighted by Gasteiger charge is 1.94. The average molecular weight is 136 g/mol. The molecule has 0 spiro atoms. The molecule has 0 atom stereocenters. The van der Waals surface area contributed by atoms with E-state index < -0.39 is 0 Å². The highest BCUT2D eigenvalue weighted by Crippen LogP contribution is 1.90. The van der Waals surface area contributed by atoms with Gasteiger partial charge in [-0.3, -0.25) is 0 Å². The first-order chi connectivity index (χ1) is 3.35. The second kappa shape index (κ2) is 10.9. The SMILES string of the molecule is B.CC[O+](CC)CC.[F-]. The molecule has 0 saturated carbocycles. The van der Waals surface area contributed by atoms with Gasteiger partial charge in [-0.1, -0.05) is 0 Å². The lowest BCUT2D eigenvalue weighted by Crippen LogP contribution is -3.00. The van der Waals surface area contributed by atoms with Crippen molar-refractivity contribution in [3.63, 3.8) is 0 Å². The van der Waals surface area contributed by atoms with Gasteiger partial charge in [0, 0.05) is 20.8 Å². The van der Waals surface area contributed by atoms with Crippen LogP contribution in [0, 0.1) is 0 Å². The van der Waals surface area contributed by atoms with E-state index in [4.69, 9.17) is 0 Å². The van der Waals surface area contributed by atoms with Gasteiger partial charge in [-0.05, 0) is 0 Å². The number of halogens is 1. The molecule has 0 heterocycles. The Morgan fingerprint density at radius 2 is 1.11 bits per heavy atom. The van der Waals surface area contributed by atoms with E-state index in [1.165, 1.54) is 0 Å². The summed E-state index contributed by atoms with van der Waals surface area (Å²) < 4.78 is 3.07. The maximum absolute atomic E-state index is 3.07. The zero-order valence-electron chi connectivity index (χ0n) is 5.91. The Balaban J connectivity index is -0.000000180. The van der Waals surface area contributed by atoms with Crippen LogP contribution < -0.4 is 4.70 Å². The fourth-order valence-corrected chi connectivity index (χ4v) is 0.612. The van der Waals surface area contributed by atoms with Crippen LogP contribution in [0.5, 0.6) is 0 Å². The Bertz CT molecular complexity index is 34.5. The van der Waals surface area contributed by atoms with Gasteiger partial charge in [-0.25, -0.2) is 0 Å². The molecule has 0 radical (unpaired) electrons. The third kappa shape index (κ3) is 7.95. The summed E-state index contributed by atoms with van der Waals surface area (Å²) in [5.74, 6) is 0. The molecule has 0 aromatic heterocycles. The first-order valence-corrected chi connectivity index (χ1v) is 2.99. The van der Waals surface area contributed by atoms with Crippen molar-refractivity contribution in [3.8, 4) is 0 Å². The minimum absolute atomic E-state index is 0. The minimum atomic E-state index is 0. The van der Waals surface area contributed by atoms with Crippen molar-refractivity contribution in [2.45, 2.75) is 20.8 Å². The number of rotatable bonds is 3. The number of hydrogen-bond donors (Lipinski definition) is 0. The van der Waals surface area contributed by atoms with Gasteiger partial charge in [-0.2, -0.15) is 0 Å². The van der Waals surface area contributed by atoms with E-state index in [1.807, 2.05) is 0 Å². The van der Waals surface area contributed by atoms with E-state index in [-0.39, 0.29) is 13.1 Å². The van der Waals surface area contributed by atoms with Crippen LogP contribution in [-0.4, -0.2) is 28.2 Å². The van der Waals surface area contributed by atoms with Crippen LogP contribution in [0.1, 0.15) is 20.8 Å². The largest absolute Gasteiger partial charge is 1.00 e. The minimum Gasteiger partial charge on any atom is -1.00 e. The van der Waals surface area contributed by atoms with Crippen molar-refractivity contribution in [3.05, 3.63) is 0 Å². The quantitative estimate of drug-likeness (QED) is 0.296. The molecule has 9 heavy (non-hydrogen) atoms. The van der Waals surface area contributed by atoms with Crippen LogP contribution >= 0.6 is 0 Å². The lowest BCUT2D eigenvalue weighted by atomic mass is 10.7. The van der Waals surface area contributed by atoms with Crippen molar-refractivity contribution >= 4 is 8.41 Å². The lowest BCUT2D eigenvalue weighted by molar-refractivity contribution is -0.119. The summed E-state index contributed by atoms with van der Waals surface area (Å²) in [5, 5.41) is 0. The molecule has 0 fully saturated rings. The Hall–Kier alpha value is -0.0451. The standard InChI is InChI=1S/C6H15O.BH3.FH/c1-4-7(5-2)6-3;;/h4-6H2,1-3H3;1H3;1H/q+1;;/p-1. The van der Waals surface area contributed by atoms with Crippen molar-refractivity contribution < 1.29 is 9.07 Å². The molecule has 0 aliphatic rings. The van der Waals surface area contributed by atoms with Gasteiger partial charge in [0.1, 0.15) is 19.8 Å². The van der Waals surface area contributed by atoms with Gasteiger partial charge >= 0.3 is 0 Å². The Morgan fingerprint density at radius 1 is 0.889 bits per heavy atom. The fraction of sp³-hybridized carbons (Fsp3) is 1.00. The van der Waals surface area contributed by atoms with Gasteiger partial charge in [0.2, 0.25) is 0 Å². The summed E-state index contributed by atoms with van der Waals surface area (Å²) in [6.07, 6.45) is 0. The fourth-order valence-electron chi connectivity index (χ4n) is 0.612. The summed E-state index contributed by atoms with van der Waals surface area (Å²) in [6, 6.07) is 0. The maximum Gasteiger partial charge on any atom is 0.142 e. The zero-order valence-corrected chi connectivity index (χ0v) is 5.91. The molecule has 0 amide bonds. The van der Waals surface area contributed by atoms with E-state index in [0.717, 1.165) is 19.8 Å². The van der Waals surface area contributed by atoms with Crippen molar-refractivity contribution in [2.24, 2.45) is 0 Å². The van der Waals surface area contributed by atoms with Gasteiger partial charge in [-0.15, -0.1) is 0 Å². The van der Waals surface area contributed by atoms with E-state index in [1.54, 1.807) is 0 Å². The normalized spacial score (nSPS) is 8.00. The molecule has 0 bridgehead atoms. The van der Waals surface area contributed by atoms with E-state index >= 15 is 0 Å². The van der Waals surface area contributed by atoms with Gasteiger partial charge in [0.05, 0.1) is 8.41 Å². The summed E-state index contributed by atoms with van der Waals surface area (Å²) in [5.41, 5.74) is 0. The first-order valence-electron chi connectivity index (χ1n) is 2.99. The zero-order chi connectivity index (χ0) is 5.70. The Morgan fingerprint density at radius 3 is 1.11 bits per heavy atom. The molecule has 58 valence electrons. The van der Waals surface area contributed by atoms with Crippen molar-refractivity contribution in [1.29, 1.82) is 0 Å². The summed E-state index contributed by atoms with van der Waals surface area (Å²) in [4.78, 5) is 0. The molecule has 0 saturated heterocycles. The second-order valence-corrected chi connectivity index (χ2v) is 1.48. The molecule has 0 aliphatic carbocycles. The molecule has 0 aromatic carbocycles. The predicted octanol–water partition coefficient (Wildman–Crippen LogP) is -2.58. The van der Waals surface area contributed by atoms with Crippen LogP contribution in [-0.2, 0) is 4.37 Å². The van der Waals surface area contributed by atoms with E-state index in [9.17, 15) is 0 Å². The second-order valence-electron chi connectivity index (χ2n) is 1.48. The van der Waals surface area contributed by atoms with E-state index in [2.05, 4.69) is 25.1 Å². The summed E-state index contributed by atoms with van der Waals surface area (Å²) >= 11 is 0. The average Bonchev–Trinajstić information content (AvgIpc) is 1.72. The Kier molecular flexibility index (Phi) is 19.3. The van der Waals surface area contributed by atoms with Crippen LogP contribution in [0.4, 0.5) is 0 Å². The summed E-state index contributed by atoms with van der Waals surface area (Å²) in [6.45, 7) is 9.76. The first kappa shape index (κ1) is 16.0. The molecular formula is C6H18BFO. The highest BCUT2D eigenvalue weighted by atomic mass is 19.0. The molecule has 0 aromatic rings. The lowest BCUT2D eigenvalue weighted by Gasteiger charge is -2.11. The monoisotopic (exact) mass is 136 g/mol. The van der Waals surface area contributed by atoms with E-state index in [0.29, 0.717) is 0 Å². The van der Waals surface area contributed by atoms with Crippen LogP contribution in [0.25, 0.3) is 0 Å². The molecular weight excluding hydrogens is 118 g/mol. The molecule has 0 aliphatic heterocycles. The Labute approximate surface area is 59.0 Å². The molecule has 1 nitrogen and oxygen atoms in total. The highest BCUT2D eigenvalue weighted by molar-refractivity contribution is 5.75. The predicted molar refractivity (Wildman–Crippen MR) is 42.6 cm³/mol. The van der Waals surface area contributed by atoms with Gasteiger partial charge in [0.25, 0.3) is 0 Å². The smallest absolute Gasteiger partial charge is 0.142 e. The van der Waals surface area contributed by atoms with Crippen molar-refractivity contribution in [1.82, 2.24) is 0 Å². The third-order valence-corrected chi connectivity index (χ3v) is 1.22. The maximum atomic E-state index is 3.07. The van der Waals surface area contributed by atoms with Crippen LogP contribution in [0.15, 0.2) is 0 Å². The van der Waals surface area contributed by atoms with Gasteiger partial charge in [0.15, 0.2) is 0 Å². The third-order valence-electron chi connectivity index (χ3n) is 1.22. The van der Waals surface area contributed by atoms with Crippen molar-refractivity contribution in [2.75, 3.05) is 19.8 Å². The number of hydrogen-bond acceptors (Lipinski definition) is 0. The topological polar surface area (TPSA) is 2.70 Å².